The Hall–Kier alpha value is -2.90. The average molecular weight is 369 g/mol. The van der Waals surface area contributed by atoms with Crippen LogP contribution >= 0.6 is 0 Å². The number of methoxy groups -OCH3 is 1. The smallest absolute Gasteiger partial charge is 0.225 e. The van der Waals surface area contributed by atoms with E-state index in [9.17, 15) is 9.90 Å². The molecule has 0 aliphatic carbocycles. The molecule has 0 aliphatic heterocycles. The molecule has 142 valence electrons. The van der Waals surface area contributed by atoms with Crippen molar-refractivity contribution in [1.29, 1.82) is 0 Å². The van der Waals surface area contributed by atoms with Crippen LogP contribution in [-0.4, -0.2) is 40.4 Å². The second-order valence-corrected chi connectivity index (χ2v) is 6.25. The first kappa shape index (κ1) is 18.9. The number of ether oxygens (including phenoxy) is 2. The second-order valence-electron chi connectivity index (χ2n) is 6.25. The van der Waals surface area contributed by atoms with E-state index in [1.54, 1.807) is 7.11 Å². The number of benzene rings is 2. The van der Waals surface area contributed by atoms with Crippen LogP contribution in [-0.2, 0) is 29.1 Å². The van der Waals surface area contributed by atoms with Gasteiger partial charge in [0.1, 0.15) is 11.6 Å². The Kier molecular flexibility index (Phi) is 6.05. The maximum atomic E-state index is 11.3. The Morgan fingerprint density at radius 1 is 1.22 bits per heavy atom. The SMILES string of the molecule is COc1ccccc1COCC(O)Cn1c(CC(N)=O)nc2ccccc21. The van der Waals surface area contributed by atoms with Gasteiger partial charge in [0.05, 0.1) is 50.4 Å². The Bertz CT molecular complexity index is 922. The van der Waals surface area contributed by atoms with Crippen molar-refractivity contribution in [2.24, 2.45) is 5.73 Å². The Balaban J connectivity index is 1.66. The molecular formula is C20H23N3O4. The molecule has 1 amide bonds. The van der Waals surface area contributed by atoms with E-state index in [0.717, 1.165) is 22.3 Å². The van der Waals surface area contributed by atoms with Crippen molar-refractivity contribution in [1.82, 2.24) is 9.55 Å². The van der Waals surface area contributed by atoms with E-state index in [1.807, 2.05) is 53.1 Å². The number of aliphatic hydroxyl groups excluding tert-OH is 1. The molecule has 1 heterocycles. The molecule has 0 bridgehead atoms. The number of fused-ring (bicyclic) bond motifs is 1. The minimum Gasteiger partial charge on any atom is -0.496 e. The normalized spacial score (nSPS) is 12.2. The number of carbonyl (C=O) groups excluding carboxylic acids is 1. The molecule has 0 saturated heterocycles. The summed E-state index contributed by atoms with van der Waals surface area (Å²) in [5, 5.41) is 10.4. The van der Waals surface area contributed by atoms with Crippen LogP contribution in [0.15, 0.2) is 48.5 Å². The number of amides is 1. The molecule has 0 fully saturated rings. The lowest BCUT2D eigenvalue weighted by atomic mass is 10.2. The summed E-state index contributed by atoms with van der Waals surface area (Å²) in [6, 6.07) is 15.1. The standard InChI is InChI=1S/C20H23N3O4/c1-26-18-9-5-2-6-14(18)12-27-13-15(24)11-23-17-8-4-3-7-16(17)22-20(23)10-19(21)25/h2-9,15,24H,10-13H2,1H3,(H2,21,25). The zero-order valence-corrected chi connectivity index (χ0v) is 15.2. The number of para-hydroxylation sites is 3. The minimum atomic E-state index is -0.760. The highest BCUT2D eigenvalue weighted by Gasteiger charge is 2.16. The van der Waals surface area contributed by atoms with Gasteiger partial charge in [-0.3, -0.25) is 4.79 Å². The van der Waals surface area contributed by atoms with E-state index >= 15 is 0 Å². The van der Waals surface area contributed by atoms with E-state index in [2.05, 4.69) is 4.98 Å². The number of hydrogen-bond donors (Lipinski definition) is 2. The molecule has 1 aromatic heterocycles. The fraction of sp³-hybridized carbons (Fsp3) is 0.300. The van der Waals surface area contributed by atoms with Gasteiger partial charge in [-0.25, -0.2) is 4.98 Å². The topological polar surface area (TPSA) is 99.6 Å². The van der Waals surface area contributed by atoms with Gasteiger partial charge in [-0.05, 0) is 18.2 Å². The first-order valence-electron chi connectivity index (χ1n) is 8.68. The van der Waals surface area contributed by atoms with Gasteiger partial charge in [0.25, 0.3) is 0 Å². The number of rotatable bonds is 9. The van der Waals surface area contributed by atoms with Gasteiger partial charge in [0, 0.05) is 5.56 Å². The van der Waals surface area contributed by atoms with Gasteiger partial charge in [0.2, 0.25) is 5.91 Å². The highest BCUT2D eigenvalue weighted by Crippen LogP contribution is 2.19. The van der Waals surface area contributed by atoms with E-state index in [-0.39, 0.29) is 19.6 Å². The van der Waals surface area contributed by atoms with Crippen LogP contribution in [0.3, 0.4) is 0 Å². The van der Waals surface area contributed by atoms with Crippen LogP contribution in [0.1, 0.15) is 11.4 Å². The lowest BCUT2D eigenvalue weighted by Gasteiger charge is -2.15. The molecule has 0 spiro atoms. The summed E-state index contributed by atoms with van der Waals surface area (Å²) in [7, 11) is 1.61. The monoisotopic (exact) mass is 369 g/mol. The highest BCUT2D eigenvalue weighted by molar-refractivity contribution is 5.80. The van der Waals surface area contributed by atoms with Crippen LogP contribution in [0.2, 0.25) is 0 Å². The number of aromatic nitrogens is 2. The van der Waals surface area contributed by atoms with Crippen LogP contribution in [0, 0.1) is 0 Å². The lowest BCUT2D eigenvalue weighted by Crippen LogP contribution is -2.25. The van der Waals surface area contributed by atoms with Crippen molar-refractivity contribution in [3.8, 4) is 5.75 Å². The van der Waals surface area contributed by atoms with Crippen molar-refractivity contribution in [3.63, 3.8) is 0 Å². The molecule has 3 aromatic rings. The molecule has 3 N–H and O–H groups in total. The summed E-state index contributed by atoms with van der Waals surface area (Å²) < 4.78 is 12.8. The van der Waals surface area contributed by atoms with Crippen LogP contribution < -0.4 is 10.5 Å². The van der Waals surface area contributed by atoms with Gasteiger partial charge in [-0.2, -0.15) is 0 Å². The molecule has 7 heteroatoms. The first-order chi connectivity index (χ1) is 13.1. The lowest BCUT2D eigenvalue weighted by molar-refractivity contribution is -0.117. The van der Waals surface area contributed by atoms with Crippen molar-refractivity contribution in [2.45, 2.75) is 25.7 Å². The summed E-state index contributed by atoms with van der Waals surface area (Å²) in [4.78, 5) is 15.8. The van der Waals surface area contributed by atoms with Gasteiger partial charge in [-0.1, -0.05) is 30.3 Å². The number of primary amides is 1. The summed E-state index contributed by atoms with van der Waals surface area (Å²) in [5.41, 5.74) is 7.84. The van der Waals surface area contributed by atoms with Crippen molar-refractivity contribution >= 4 is 16.9 Å². The molecule has 1 atom stereocenters. The zero-order valence-electron chi connectivity index (χ0n) is 15.2. The largest absolute Gasteiger partial charge is 0.496 e. The Labute approximate surface area is 157 Å². The molecule has 0 radical (unpaired) electrons. The number of nitrogens with two attached hydrogens (primary N) is 1. The molecule has 27 heavy (non-hydrogen) atoms. The quantitative estimate of drug-likeness (QED) is 0.597. The number of hydrogen-bond acceptors (Lipinski definition) is 5. The predicted octanol–water partition coefficient (Wildman–Crippen LogP) is 1.65. The Morgan fingerprint density at radius 3 is 2.74 bits per heavy atom. The molecule has 1 unspecified atom stereocenters. The highest BCUT2D eigenvalue weighted by atomic mass is 16.5. The number of nitrogens with zero attached hydrogens (tertiary/aromatic N) is 2. The number of carbonyl (C=O) groups is 1. The molecule has 0 aliphatic rings. The zero-order chi connectivity index (χ0) is 19.2. The Morgan fingerprint density at radius 2 is 1.96 bits per heavy atom. The maximum Gasteiger partial charge on any atom is 0.225 e. The molecular weight excluding hydrogens is 346 g/mol. The van der Waals surface area contributed by atoms with E-state index in [1.165, 1.54) is 0 Å². The molecule has 7 nitrogen and oxygen atoms in total. The summed E-state index contributed by atoms with van der Waals surface area (Å²) in [6.07, 6.45) is -0.743. The minimum absolute atomic E-state index is 0.0173. The average Bonchev–Trinajstić information content (AvgIpc) is 2.98. The first-order valence-corrected chi connectivity index (χ1v) is 8.68. The third-order valence-electron chi connectivity index (χ3n) is 4.22. The van der Waals surface area contributed by atoms with Gasteiger partial charge in [-0.15, -0.1) is 0 Å². The fourth-order valence-electron chi connectivity index (χ4n) is 3.01. The molecule has 2 aromatic carbocycles. The number of imidazole rings is 1. The number of aliphatic hydroxyl groups is 1. The van der Waals surface area contributed by atoms with Crippen LogP contribution in [0.25, 0.3) is 11.0 Å². The van der Waals surface area contributed by atoms with E-state index < -0.39 is 12.0 Å². The predicted molar refractivity (Wildman–Crippen MR) is 101 cm³/mol. The summed E-state index contributed by atoms with van der Waals surface area (Å²) in [6.45, 7) is 0.732. The third kappa shape index (κ3) is 4.64. The van der Waals surface area contributed by atoms with E-state index in [0.29, 0.717) is 12.4 Å². The maximum absolute atomic E-state index is 11.3. The van der Waals surface area contributed by atoms with Crippen molar-refractivity contribution in [2.75, 3.05) is 13.7 Å². The summed E-state index contributed by atoms with van der Waals surface area (Å²) >= 11 is 0. The second kappa shape index (κ2) is 8.66. The molecule has 3 rings (SSSR count). The van der Waals surface area contributed by atoms with Crippen molar-refractivity contribution < 1.29 is 19.4 Å². The van der Waals surface area contributed by atoms with Gasteiger partial charge in [0.15, 0.2) is 0 Å². The van der Waals surface area contributed by atoms with Crippen molar-refractivity contribution in [3.05, 3.63) is 59.9 Å². The van der Waals surface area contributed by atoms with Gasteiger partial charge >= 0.3 is 0 Å². The fourth-order valence-corrected chi connectivity index (χ4v) is 3.01. The van der Waals surface area contributed by atoms with E-state index in [4.69, 9.17) is 15.2 Å². The summed E-state index contributed by atoms with van der Waals surface area (Å²) in [5.74, 6) is 0.817. The van der Waals surface area contributed by atoms with Crippen LogP contribution in [0.5, 0.6) is 5.75 Å². The van der Waals surface area contributed by atoms with Gasteiger partial charge < -0.3 is 24.9 Å². The third-order valence-corrected chi connectivity index (χ3v) is 4.22. The van der Waals surface area contributed by atoms with Crippen LogP contribution in [0.4, 0.5) is 0 Å². The molecule has 0 saturated carbocycles.